The molecule has 2 aromatic carbocycles. The summed E-state index contributed by atoms with van der Waals surface area (Å²) in [6.45, 7) is -0.160. The smallest absolute Gasteiger partial charge is 0.417 e. The number of nitrogens with zero attached hydrogens (tertiary/aromatic N) is 1. The molecule has 0 bridgehead atoms. The SMILES string of the molecule is O=[N+]([O-])c1ccc(Oc2ccc(C(F)(F)F)c(Cl)c2)cc1NCCO. The molecule has 0 heterocycles. The molecule has 0 spiro atoms. The molecule has 6 nitrogen and oxygen atoms in total. The number of ether oxygens (including phenoxy) is 1. The van der Waals surface area contributed by atoms with Gasteiger partial charge in [-0.05, 0) is 18.2 Å². The van der Waals surface area contributed by atoms with Crippen molar-refractivity contribution in [1.82, 2.24) is 0 Å². The number of alkyl halides is 3. The van der Waals surface area contributed by atoms with E-state index in [1.807, 2.05) is 0 Å². The Morgan fingerprint density at radius 3 is 2.40 bits per heavy atom. The molecular weight excluding hydrogens is 365 g/mol. The summed E-state index contributed by atoms with van der Waals surface area (Å²) in [4.78, 5) is 10.4. The maximum atomic E-state index is 12.7. The van der Waals surface area contributed by atoms with Gasteiger partial charge in [-0.3, -0.25) is 10.1 Å². The van der Waals surface area contributed by atoms with Crippen LogP contribution in [0, 0.1) is 10.1 Å². The van der Waals surface area contributed by atoms with E-state index in [0.717, 1.165) is 18.2 Å². The first-order valence-corrected chi connectivity index (χ1v) is 7.28. The van der Waals surface area contributed by atoms with Gasteiger partial charge in [0.25, 0.3) is 5.69 Å². The number of benzene rings is 2. The van der Waals surface area contributed by atoms with Crippen LogP contribution >= 0.6 is 11.6 Å². The predicted molar refractivity (Wildman–Crippen MR) is 85.2 cm³/mol. The van der Waals surface area contributed by atoms with Crippen LogP contribution in [0.25, 0.3) is 0 Å². The average Bonchev–Trinajstić information content (AvgIpc) is 2.51. The molecule has 2 rings (SSSR count). The number of nitrogens with one attached hydrogen (secondary N) is 1. The van der Waals surface area contributed by atoms with Crippen LogP contribution in [0.4, 0.5) is 24.5 Å². The number of halogens is 4. The minimum atomic E-state index is -4.58. The molecule has 2 N–H and O–H groups in total. The first-order chi connectivity index (χ1) is 11.7. The zero-order valence-electron chi connectivity index (χ0n) is 12.5. The van der Waals surface area contributed by atoms with E-state index in [-0.39, 0.29) is 36.0 Å². The summed E-state index contributed by atoms with van der Waals surface area (Å²) in [5.74, 6) is 0.196. The van der Waals surface area contributed by atoms with E-state index in [9.17, 15) is 23.3 Å². The van der Waals surface area contributed by atoms with Gasteiger partial charge in [0, 0.05) is 24.7 Å². The monoisotopic (exact) mass is 376 g/mol. The lowest BCUT2D eigenvalue weighted by atomic mass is 10.2. The van der Waals surface area contributed by atoms with E-state index in [4.69, 9.17) is 21.4 Å². The van der Waals surface area contributed by atoms with Gasteiger partial charge in [0.15, 0.2) is 0 Å². The number of nitro groups is 1. The highest BCUT2D eigenvalue weighted by molar-refractivity contribution is 6.31. The van der Waals surface area contributed by atoms with Crippen LogP contribution in [0.2, 0.25) is 5.02 Å². The molecule has 0 radical (unpaired) electrons. The van der Waals surface area contributed by atoms with Crippen LogP contribution in [-0.2, 0) is 6.18 Å². The average molecular weight is 377 g/mol. The van der Waals surface area contributed by atoms with Gasteiger partial charge in [0.2, 0.25) is 0 Å². The Hall–Kier alpha value is -2.52. The number of anilines is 1. The molecule has 0 aliphatic heterocycles. The Bertz CT molecular complexity index is 784. The van der Waals surface area contributed by atoms with Gasteiger partial charge in [0.05, 0.1) is 22.1 Å². The van der Waals surface area contributed by atoms with Crippen LogP contribution in [0.5, 0.6) is 11.5 Å². The zero-order chi connectivity index (χ0) is 18.6. The summed E-state index contributed by atoms with van der Waals surface area (Å²) >= 11 is 5.62. The van der Waals surface area contributed by atoms with E-state index in [0.29, 0.717) is 0 Å². The molecular formula is C15H12ClF3N2O4. The first kappa shape index (κ1) is 18.8. The van der Waals surface area contributed by atoms with E-state index in [1.54, 1.807) is 0 Å². The Labute approximate surface area is 144 Å². The number of rotatable bonds is 6. The minimum Gasteiger partial charge on any atom is -0.457 e. The van der Waals surface area contributed by atoms with Crippen LogP contribution in [0.1, 0.15) is 5.56 Å². The Balaban J connectivity index is 2.28. The minimum absolute atomic E-state index is 0.0416. The summed E-state index contributed by atoms with van der Waals surface area (Å²) in [6, 6.07) is 6.67. The van der Waals surface area contributed by atoms with Crippen molar-refractivity contribution in [3.05, 3.63) is 57.1 Å². The molecule has 0 atom stereocenters. The molecule has 0 aliphatic carbocycles. The van der Waals surface area contributed by atoms with Gasteiger partial charge in [-0.1, -0.05) is 11.6 Å². The largest absolute Gasteiger partial charge is 0.457 e. The fourth-order valence-corrected chi connectivity index (χ4v) is 2.27. The van der Waals surface area contributed by atoms with E-state index < -0.39 is 21.7 Å². The van der Waals surface area contributed by atoms with E-state index in [1.165, 1.54) is 18.2 Å². The topological polar surface area (TPSA) is 84.6 Å². The summed E-state index contributed by atoms with van der Waals surface area (Å²) in [5, 5.41) is 21.9. The summed E-state index contributed by atoms with van der Waals surface area (Å²) < 4.78 is 43.4. The second-order valence-electron chi connectivity index (χ2n) is 4.83. The Kier molecular flexibility index (Phi) is 5.70. The standard InChI is InChI=1S/C15H12ClF3N2O4/c16-12-7-9(1-3-11(12)15(17,18)19)25-10-2-4-14(21(23)24)13(8-10)20-5-6-22/h1-4,7-8,20,22H,5-6H2. The van der Waals surface area contributed by atoms with E-state index in [2.05, 4.69) is 5.32 Å². The van der Waals surface area contributed by atoms with Gasteiger partial charge >= 0.3 is 6.18 Å². The summed E-state index contributed by atoms with van der Waals surface area (Å²) in [7, 11) is 0. The maximum Gasteiger partial charge on any atom is 0.417 e. The van der Waals surface area contributed by atoms with Crippen molar-refractivity contribution < 1.29 is 27.9 Å². The lowest BCUT2D eigenvalue weighted by molar-refractivity contribution is -0.384. The number of nitro benzene ring substituents is 1. The third kappa shape index (κ3) is 4.74. The highest BCUT2D eigenvalue weighted by Gasteiger charge is 2.33. The maximum absolute atomic E-state index is 12.7. The van der Waals surface area contributed by atoms with Gasteiger partial charge in [-0.25, -0.2) is 0 Å². The predicted octanol–water partition coefficient (Wildman–Crippen LogP) is 4.46. The van der Waals surface area contributed by atoms with Crippen molar-refractivity contribution in [3.63, 3.8) is 0 Å². The van der Waals surface area contributed by atoms with Crippen molar-refractivity contribution in [2.45, 2.75) is 6.18 Å². The zero-order valence-corrected chi connectivity index (χ0v) is 13.3. The molecule has 0 amide bonds. The summed E-state index contributed by atoms with van der Waals surface area (Å²) in [6.07, 6.45) is -4.58. The lowest BCUT2D eigenvalue weighted by Gasteiger charge is -2.12. The van der Waals surface area contributed by atoms with Crippen molar-refractivity contribution in [2.24, 2.45) is 0 Å². The second kappa shape index (κ2) is 7.58. The van der Waals surface area contributed by atoms with Crippen LogP contribution in [-0.4, -0.2) is 23.2 Å². The Morgan fingerprint density at radius 1 is 1.20 bits per heavy atom. The quantitative estimate of drug-likeness (QED) is 0.574. The second-order valence-corrected chi connectivity index (χ2v) is 5.24. The van der Waals surface area contributed by atoms with Gasteiger partial charge in [0.1, 0.15) is 17.2 Å². The molecule has 10 heteroatoms. The van der Waals surface area contributed by atoms with Gasteiger partial charge in [-0.15, -0.1) is 0 Å². The molecule has 0 saturated carbocycles. The number of hydrogen-bond acceptors (Lipinski definition) is 5. The number of aliphatic hydroxyl groups excluding tert-OH is 1. The van der Waals surface area contributed by atoms with Crippen LogP contribution in [0.3, 0.4) is 0 Å². The van der Waals surface area contributed by atoms with Crippen molar-refractivity contribution in [3.8, 4) is 11.5 Å². The normalized spacial score (nSPS) is 11.2. The summed E-state index contributed by atoms with van der Waals surface area (Å²) in [5.41, 5.74) is -1.11. The van der Waals surface area contributed by atoms with Crippen molar-refractivity contribution >= 4 is 23.0 Å². The highest BCUT2D eigenvalue weighted by Crippen LogP contribution is 2.38. The number of hydrogen-bond donors (Lipinski definition) is 2. The third-order valence-corrected chi connectivity index (χ3v) is 3.39. The Morgan fingerprint density at radius 2 is 1.84 bits per heavy atom. The molecule has 0 unspecified atom stereocenters. The van der Waals surface area contributed by atoms with Gasteiger partial charge in [-0.2, -0.15) is 13.2 Å². The molecule has 25 heavy (non-hydrogen) atoms. The first-order valence-electron chi connectivity index (χ1n) is 6.90. The molecule has 0 aliphatic rings. The van der Waals surface area contributed by atoms with Gasteiger partial charge < -0.3 is 15.2 Å². The highest BCUT2D eigenvalue weighted by atomic mass is 35.5. The van der Waals surface area contributed by atoms with E-state index >= 15 is 0 Å². The molecule has 0 saturated heterocycles. The lowest BCUT2D eigenvalue weighted by Crippen LogP contribution is -2.07. The van der Waals surface area contributed by atoms with Crippen molar-refractivity contribution in [1.29, 1.82) is 0 Å². The van der Waals surface area contributed by atoms with Crippen LogP contribution < -0.4 is 10.1 Å². The van der Waals surface area contributed by atoms with Crippen LogP contribution in [0.15, 0.2) is 36.4 Å². The van der Waals surface area contributed by atoms with Crippen molar-refractivity contribution in [2.75, 3.05) is 18.5 Å². The number of aliphatic hydroxyl groups is 1. The molecule has 0 fully saturated rings. The molecule has 134 valence electrons. The molecule has 0 aromatic heterocycles. The fourth-order valence-electron chi connectivity index (χ4n) is 2.00. The molecule has 2 aromatic rings. The third-order valence-electron chi connectivity index (χ3n) is 3.07. The fraction of sp³-hybridized carbons (Fsp3) is 0.200.